The molecule has 0 saturated carbocycles. The summed E-state index contributed by atoms with van der Waals surface area (Å²) in [6.45, 7) is 6.85. The topological polar surface area (TPSA) is 50.6 Å². The summed E-state index contributed by atoms with van der Waals surface area (Å²) in [5.41, 5.74) is 3.35. The number of rotatable bonds is 6. The molecule has 3 heterocycles. The van der Waals surface area contributed by atoms with E-state index in [0.29, 0.717) is 13.0 Å². The van der Waals surface area contributed by atoms with Gasteiger partial charge in [0.2, 0.25) is 5.91 Å². The average molecular weight is 405 g/mol. The van der Waals surface area contributed by atoms with Crippen molar-refractivity contribution in [1.82, 2.24) is 19.4 Å². The standard InChI is InChI=1S/C24H28N4O2/c29-23-16-20(18-27(23)17-19-6-2-1-3-7-19)24-25-21-8-4-5-9-22(21)28(24)11-10-26-12-14-30-15-13-26/h1-9,20H,10-18H2. The van der Waals surface area contributed by atoms with Crippen LogP contribution >= 0.6 is 0 Å². The summed E-state index contributed by atoms with van der Waals surface area (Å²) in [7, 11) is 0. The molecule has 156 valence electrons. The van der Waals surface area contributed by atoms with Crippen LogP contribution in [-0.2, 0) is 22.6 Å². The first kappa shape index (κ1) is 19.3. The number of nitrogens with zero attached hydrogens (tertiary/aromatic N) is 4. The lowest BCUT2D eigenvalue weighted by Gasteiger charge is -2.27. The predicted molar refractivity (Wildman–Crippen MR) is 116 cm³/mol. The minimum absolute atomic E-state index is 0.137. The van der Waals surface area contributed by atoms with Crippen LogP contribution in [0.3, 0.4) is 0 Å². The summed E-state index contributed by atoms with van der Waals surface area (Å²) in [5.74, 6) is 1.40. The van der Waals surface area contributed by atoms with Crippen molar-refractivity contribution in [2.45, 2.75) is 25.4 Å². The van der Waals surface area contributed by atoms with Gasteiger partial charge in [-0.3, -0.25) is 9.69 Å². The zero-order chi connectivity index (χ0) is 20.3. The third-order valence-electron chi connectivity index (χ3n) is 6.22. The molecule has 0 spiro atoms. The van der Waals surface area contributed by atoms with Crippen molar-refractivity contribution in [3.8, 4) is 0 Å². The number of carbonyl (C=O) groups excluding carboxylic acids is 1. The number of ether oxygens (including phenoxy) is 1. The van der Waals surface area contributed by atoms with Gasteiger partial charge in [-0.25, -0.2) is 4.98 Å². The lowest BCUT2D eigenvalue weighted by molar-refractivity contribution is -0.128. The van der Waals surface area contributed by atoms with E-state index in [-0.39, 0.29) is 11.8 Å². The number of hydrogen-bond donors (Lipinski definition) is 0. The Morgan fingerprint density at radius 3 is 2.57 bits per heavy atom. The van der Waals surface area contributed by atoms with E-state index in [1.54, 1.807) is 0 Å². The molecule has 6 heteroatoms. The molecule has 1 atom stereocenters. The number of fused-ring (bicyclic) bond motifs is 1. The number of likely N-dealkylation sites (tertiary alicyclic amines) is 1. The van der Waals surface area contributed by atoms with E-state index < -0.39 is 0 Å². The van der Waals surface area contributed by atoms with Crippen LogP contribution in [0.1, 0.15) is 23.7 Å². The van der Waals surface area contributed by atoms with Crippen LogP contribution in [0.5, 0.6) is 0 Å². The minimum Gasteiger partial charge on any atom is -0.379 e. The fourth-order valence-electron chi connectivity index (χ4n) is 4.61. The van der Waals surface area contributed by atoms with Gasteiger partial charge >= 0.3 is 0 Å². The molecule has 0 radical (unpaired) electrons. The summed E-state index contributed by atoms with van der Waals surface area (Å²) in [6, 6.07) is 18.5. The summed E-state index contributed by atoms with van der Waals surface area (Å²) in [4.78, 5) is 22.2. The predicted octanol–water partition coefficient (Wildman–Crippen LogP) is 2.88. The Hall–Kier alpha value is -2.70. The first-order valence-electron chi connectivity index (χ1n) is 10.8. The van der Waals surface area contributed by atoms with E-state index in [1.807, 2.05) is 29.2 Å². The van der Waals surface area contributed by atoms with Gasteiger partial charge < -0.3 is 14.2 Å². The Bertz CT molecular complexity index is 1010. The lowest BCUT2D eigenvalue weighted by atomic mass is 10.1. The fourth-order valence-corrected chi connectivity index (χ4v) is 4.61. The SMILES string of the molecule is O=C1CC(c2nc3ccccc3n2CCN2CCOCC2)CN1Cc1ccccc1. The largest absolute Gasteiger partial charge is 0.379 e. The van der Waals surface area contributed by atoms with E-state index in [0.717, 1.165) is 62.8 Å². The maximum atomic E-state index is 12.8. The Morgan fingerprint density at radius 1 is 0.967 bits per heavy atom. The van der Waals surface area contributed by atoms with Crippen LogP contribution in [0.15, 0.2) is 54.6 Å². The van der Waals surface area contributed by atoms with E-state index in [2.05, 4.69) is 39.8 Å². The molecule has 5 rings (SSSR count). The molecule has 1 aromatic heterocycles. The van der Waals surface area contributed by atoms with Crippen molar-refractivity contribution in [1.29, 1.82) is 0 Å². The second kappa shape index (κ2) is 8.58. The van der Waals surface area contributed by atoms with E-state index >= 15 is 0 Å². The summed E-state index contributed by atoms with van der Waals surface area (Å²) >= 11 is 0. The fraction of sp³-hybridized carbons (Fsp3) is 0.417. The van der Waals surface area contributed by atoms with Gasteiger partial charge in [0.05, 0.1) is 24.2 Å². The molecule has 1 unspecified atom stereocenters. The molecule has 2 aromatic carbocycles. The highest BCUT2D eigenvalue weighted by Crippen LogP contribution is 2.31. The van der Waals surface area contributed by atoms with E-state index in [9.17, 15) is 4.79 Å². The van der Waals surface area contributed by atoms with Gasteiger partial charge in [0.15, 0.2) is 0 Å². The monoisotopic (exact) mass is 404 g/mol. The molecule has 2 saturated heterocycles. The minimum atomic E-state index is 0.137. The number of morpholine rings is 1. The molecule has 6 nitrogen and oxygen atoms in total. The van der Waals surface area contributed by atoms with Crippen molar-refractivity contribution in [3.63, 3.8) is 0 Å². The number of carbonyl (C=O) groups is 1. The number of aromatic nitrogens is 2. The maximum absolute atomic E-state index is 12.8. The van der Waals surface area contributed by atoms with Gasteiger partial charge in [0.25, 0.3) is 0 Å². The average Bonchev–Trinajstić information content (AvgIpc) is 3.34. The highest BCUT2D eigenvalue weighted by molar-refractivity contribution is 5.81. The molecular weight excluding hydrogens is 376 g/mol. The van der Waals surface area contributed by atoms with Crippen LogP contribution in [0, 0.1) is 0 Å². The molecule has 2 fully saturated rings. The first-order chi connectivity index (χ1) is 14.8. The van der Waals surface area contributed by atoms with Crippen LogP contribution < -0.4 is 0 Å². The first-order valence-corrected chi connectivity index (χ1v) is 10.8. The van der Waals surface area contributed by atoms with Crippen LogP contribution in [0.2, 0.25) is 0 Å². The van der Waals surface area contributed by atoms with Gasteiger partial charge in [-0.05, 0) is 17.7 Å². The number of hydrogen-bond acceptors (Lipinski definition) is 4. The molecule has 2 aliphatic rings. The smallest absolute Gasteiger partial charge is 0.223 e. The van der Waals surface area contributed by atoms with Crippen molar-refractivity contribution >= 4 is 16.9 Å². The molecular formula is C24H28N4O2. The normalized spacial score (nSPS) is 20.3. The summed E-state index contributed by atoms with van der Waals surface area (Å²) in [5, 5.41) is 0. The van der Waals surface area contributed by atoms with Gasteiger partial charge in [-0.15, -0.1) is 0 Å². The molecule has 3 aromatic rings. The zero-order valence-corrected chi connectivity index (χ0v) is 17.2. The van der Waals surface area contributed by atoms with Crippen LogP contribution in [0.4, 0.5) is 0 Å². The third kappa shape index (κ3) is 3.98. The van der Waals surface area contributed by atoms with Crippen molar-refractivity contribution in [2.24, 2.45) is 0 Å². The number of para-hydroxylation sites is 2. The third-order valence-corrected chi connectivity index (χ3v) is 6.22. The highest BCUT2D eigenvalue weighted by Gasteiger charge is 2.34. The second-order valence-corrected chi connectivity index (χ2v) is 8.23. The summed E-state index contributed by atoms with van der Waals surface area (Å²) in [6.07, 6.45) is 0.535. The van der Waals surface area contributed by atoms with Crippen molar-refractivity contribution in [2.75, 3.05) is 39.4 Å². The molecule has 1 amide bonds. The van der Waals surface area contributed by atoms with E-state index in [1.165, 1.54) is 5.56 Å². The maximum Gasteiger partial charge on any atom is 0.223 e. The number of imidazole rings is 1. The van der Waals surface area contributed by atoms with Gasteiger partial charge in [-0.2, -0.15) is 0 Å². The van der Waals surface area contributed by atoms with Gasteiger partial charge in [0.1, 0.15) is 5.82 Å². The van der Waals surface area contributed by atoms with E-state index in [4.69, 9.17) is 9.72 Å². The van der Waals surface area contributed by atoms with Crippen LogP contribution in [-0.4, -0.2) is 64.7 Å². The highest BCUT2D eigenvalue weighted by atomic mass is 16.5. The number of amides is 1. The van der Waals surface area contributed by atoms with Gasteiger partial charge in [-0.1, -0.05) is 42.5 Å². The van der Waals surface area contributed by atoms with Gasteiger partial charge in [0, 0.05) is 51.6 Å². The summed E-state index contributed by atoms with van der Waals surface area (Å²) < 4.78 is 7.82. The van der Waals surface area contributed by atoms with Crippen molar-refractivity contribution in [3.05, 3.63) is 66.0 Å². The lowest BCUT2D eigenvalue weighted by Crippen LogP contribution is -2.38. The Kier molecular flexibility index (Phi) is 5.51. The number of benzene rings is 2. The van der Waals surface area contributed by atoms with Crippen LogP contribution in [0.25, 0.3) is 11.0 Å². The molecule has 30 heavy (non-hydrogen) atoms. The molecule has 0 aliphatic carbocycles. The Balaban J connectivity index is 1.37. The Labute approximate surface area is 177 Å². The molecule has 0 N–H and O–H groups in total. The quantitative estimate of drug-likeness (QED) is 0.634. The zero-order valence-electron chi connectivity index (χ0n) is 17.2. The second-order valence-electron chi connectivity index (χ2n) is 8.23. The molecule has 2 aliphatic heterocycles. The Morgan fingerprint density at radius 2 is 1.73 bits per heavy atom. The molecule has 0 bridgehead atoms. The van der Waals surface area contributed by atoms with Crippen molar-refractivity contribution < 1.29 is 9.53 Å².